The number of hydrogen-bond acceptors (Lipinski definition) is 5. The van der Waals surface area contributed by atoms with Crippen molar-refractivity contribution in [3.63, 3.8) is 0 Å². The van der Waals surface area contributed by atoms with Gasteiger partial charge in [0.25, 0.3) is 5.91 Å². The lowest BCUT2D eigenvalue weighted by Crippen LogP contribution is -2.17. The van der Waals surface area contributed by atoms with E-state index >= 15 is 0 Å². The Morgan fingerprint density at radius 2 is 1.77 bits per heavy atom. The van der Waals surface area contributed by atoms with Crippen molar-refractivity contribution < 1.29 is 23.4 Å². The molecule has 0 fully saturated rings. The third-order valence-electron chi connectivity index (χ3n) is 4.26. The molecule has 6 nitrogen and oxygen atoms in total. The molecule has 0 aliphatic heterocycles. The van der Waals surface area contributed by atoms with E-state index in [9.17, 15) is 9.18 Å². The minimum atomic E-state index is -0.342. The zero-order chi connectivity index (χ0) is 21.3. The van der Waals surface area contributed by atoms with Gasteiger partial charge in [-0.25, -0.2) is 9.82 Å². The molecular weight excluding hydrogens is 387 g/mol. The maximum atomic E-state index is 13.7. The topological polar surface area (TPSA) is 69.2 Å². The quantitative estimate of drug-likeness (QED) is 0.448. The third-order valence-corrected chi connectivity index (χ3v) is 4.26. The zero-order valence-corrected chi connectivity index (χ0v) is 16.6. The van der Waals surface area contributed by atoms with E-state index in [1.807, 2.05) is 0 Å². The molecule has 0 heterocycles. The number of amides is 1. The van der Waals surface area contributed by atoms with E-state index in [1.54, 1.807) is 67.8 Å². The normalized spacial score (nSPS) is 10.6. The zero-order valence-electron chi connectivity index (χ0n) is 16.6. The number of hydrogen-bond donors (Lipinski definition) is 1. The minimum Gasteiger partial charge on any atom is -0.497 e. The molecule has 3 aromatic carbocycles. The van der Waals surface area contributed by atoms with Gasteiger partial charge in [-0.1, -0.05) is 18.2 Å². The summed E-state index contributed by atoms with van der Waals surface area (Å²) in [4.78, 5) is 12.1. The number of carbonyl (C=O) groups excluding carboxylic acids is 1. The van der Waals surface area contributed by atoms with Crippen LogP contribution in [0.15, 0.2) is 71.8 Å². The minimum absolute atomic E-state index is 0.0778. The Morgan fingerprint density at radius 3 is 2.47 bits per heavy atom. The molecular formula is C23H21FN2O4. The van der Waals surface area contributed by atoms with Gasteiger partial charge in [-0.3, -0.25) is 4.79 Å². The lowest BCUT2D eigenvalue weighted by atomic mass is 10.2. The van der Waals surface area contributed by atoms with Crippen LogP contribution in [0.3, 0.4) is 0 Å². The summed E-state index contributed by atoms with van der Waals surface area (Å²) in [5.74, 6) is 0.940. The Morgan fingerprint density at radius 1 is 1.00 bits per heavy atom. The molecule has 0 spiro atoms. The predicted molar refractivity (Wildman–Crippen MR) is 112 cm³/mol. The Balaban J connectivity index is 1.62. The highest BCUT2D eigenvalue weighted by atomic mass is 19.1. The van der Waals surface area contributed by atoms with Crippen LogP contribution >= 0.6 is 0 Å². The summed E-state index contributed by atoms with van der Waals surface area (Å²) < 4.78 is 29.8. The van der Waals surface area contributed by atoms with Gasteiger partial charge in [-0.15, -0.1) is 0 Å². The lowest BCUT2D eigenvalue weighted by Gasteiger charge is -2.11. The number of hydrazone groups is 1. The number of halogens is 1. The van der Waals surface area contributed by atoms with Gasteiger partial charge in [0.05, 0.1) is 20.4 Å². The second-order valence-electron chi connectivity index (χ2n) is 6.22. The Hall–Kier alpha value is -3.87. The highest BCUT2D eigenvalue weighted by Crippen LogP contribution is 2.28. The van der Waals surface area contributed by atoms with Gasteiger partial charge >= 0.3 is 0 Å². The van der Waals surface area contributed by atoms with E-state index < -0.39 is 0 Å². The van der Waals surface area contributed by atoms with Gasteiger partial charge < -0.3 is 14.2 Å². The van der Waals surface area contributed by atoms with Crippen LogP contribution in [0.25, 0.3) is 0 Å². The van der Waals surface area contributed by atoms with Crippen LogP contribution in [-0.4, -0.2) is 26.3 Å². The molecule has 0 aliphatic rings. The molecule has 0 atom stereocenters. The Bertz CT molecular complexity index is 1040. The van der Waals surface area contributed by atoms with E-state index in [0.29, 0.717) is 33.9 Å². The molecule has 154 valence electrons. The van der Waals surface area contributed by atoms with Gasteiger partial charge in [0, 0.05) is 11.1 Å². The summed E-state index contributed by atoms with van der Waals surface area (Å²) in [7, 11) is 3.07. The predicted octanol–water partition coefficient (Wildman–Crippen LogP) is 4.19. The molecule has 0 saturated carbocycles. The van der Waals surface area contributed by atoms with E-state index in [4.69, 9.17) is 14.2 Å². The molecule has 3 aromatic rings. The number of ether oxygens (including phenoxy) is 3. The van der Waals surface area contributed by atoms with Gasteiger partial charge in [0.1, 0.15) is 18.2 Å². The van der Waals surface area contributed by atoms with E-state index in [2.05, 4.69) is 10.5 Å². The van der Waals surface area contributed by atoms with Gasteiger partial charge in [-0.05, 0) is 54.1 Å². The highest BCUT2D eigenvalue weighted by molar-refractivity contribution is 5.95. The van der Waals surface area contributed by atoms with Crippen LogP contribution in [0, 0.1) is 5.82 Å². The molecule has 0 saturated heterocycles. The standard InChI is InChI=1S/C23H21FN2O4/c1-28-19-10-8-17(9-11-19)23(27)26-25-14-16-7-12-21(22(13-16)29-2)30-15-18-5-3-4-6-20(18)24/h3-14H,15H2,1-2H3,(H,26,27). The second-order valence-corrected chi connectivity index (χ2v) is 6.22. The van der Waals surface area contributed by atoms with Gasteiger partial charge in [0.15, 0.2) is 11.5 Å². The maximum Gasteiger partial charge on any atom is 0.271 e. The highest BCUT2D eigenvalue weighted by Gasteiger charge is 2.08. The first-order valence-corrected chi connectivity index (χ1v) is 9.12. The van der Waals surface area contributed by atoms with Gasteiger partial charge in [0.2, 0.25) is 0 Å². The summed E-state index contributed by atoms with van der Waals surface area (Å²) in [6.45, 7) is 0.0778. The summed E-state index contributed by atoms with van der Waals surface area (Å²) in [6.07, 6.45) is 1.49. The SMILES string of the molecule is COc1ccc(C(=O)NN=Cc2ccc(OCc3ccccc3F)c(OC)c2)cc1. The molecule has 30 heavy (non-hydrogen) atoms. The number of benzene rings is 3. The van der Waals surface area contributed by atoms with E-state index in [-0.39, 0.29) is 18.3 Å². The summed E-state index contributed by atoms with van der Waals surface area (Å²) in [5.41, 5.74) is 4.07. The first kappa shape index (κ1) is 20.9. The van der Waals surface area contributed by atoms with Crippen LogP contribution in [0.4, 0.5) is 4.39 Å². The van der Waals surface area contributed by atoms with Crippen molar-refractivity contribution in [2.24, 2.45) is 5.10 Å². The van der Waals surface area contributed by atoms with Crippen molar-refractivity contribution in [1.29, 1.82) is 0 Å². The molecule has 0 radical (unpaired) electrons. The first-order valence-electron chi connectivity index (χ1n) is 9.12. The van der Waals surface area contributed by atoms with Crippen molar-refractivity contribution in [1.82, 2.24) is 5.43 Å². The fourth-order valence-corrected chi connectivity index (χ4v) is 2.63. The molecule has 0 aliphatic carbocycles. The number of nitrogens with one attached hydrogen (secondary N) is 1. The fraction of sp³-hybridized carbons (Fsp3) is 0.130. The largest absolute Gasteiger partial charge is 0.497 e. The van der Waals surface area contributed by atoms with Crippen molar-refractivity contribution in [2.75, 3.05) is 14.2 Å². The van der Waals surface area contributed by atoms with Crippen LogP contribution in [0.1, 0.15) is 21.5 Å². The van der Waals surface area contributed by atoms with Crippen molar-refractivity contribution in [2.45, 2.75) is 6.61 Å². The molecule has 1 amide bonds. The van der Waals surface area contributed by atoms with Crippen LogP contribution in [-0.2, 0) is 6.61 Å². The number of rotatable bonds is 8. The van der Waals surface area contributed by atoms with Crippen LogP contribution in [0.2, 0.25) is 0 Å². The van der Waals surface area contributed by atoms with Crippen molar-refractivity contribution >= 4 is 12.1 Å². The number of carbonyl (C=O) groups is 1. The number of nitrogens with zero attached hydrogens (tertiary/aromatic N) is 1. The molecule has 7 heteroatoms. The van der Waals surface area contributed by atoms with E-state index in [1.165, 1.54) is 19.4 Å². The van der Waals surface area contributed by atoms with Crippen LogP contribution < -0.4 is 19.6 Å². The van der Waals surface area contributed by atoms with Crippen molar-refractivity contribution in [3.05, 3.63) is 89.2 Å². The number of methoxy groups -OCH3 is 2. The Kier molecular flexibility index (Phi) is 7.00. The smallest absolute Gasteiger partial charge is 0.271 e. The lowest BCUT2D eigenvalue weighted by molar-refractivity contribution is 0.0955. The molecule has 1 N–H and O–H groups in total. The molecule has 0 aromatic heterocycles. The van der Waals surface area contributed by atoms with Crippen molar-refractivity contribution in [3.8, 4) is 17.2 Å². The summed E-state index contributed by atoms with van der Waals surface area (Å²) >= 11 is 0. The third kappa shape index (κ3) is 5.35. The molecule has 0 bridgehead atoms. The first-order chi connectivity index (χ1) is 14.6. The average molecular weight is 408 g/mol. The summed E-state index contributed by atoms with van der Waals surface area (Å²) in [5, 5.41) is 3.97. The maximum absolute atomic E-state index is 13.7. The second kappa shape index (κ2) is 10.1. The van der Waals surface area contributed by atoms with Crippen LogP contribution in [0.5, 0.6) is 17.2 Å². The van der Waals surface area contributed by atoms with Gasteiger partial charge in [-0.2, -0.15) is 5.10 Å². The molecule has 3 rings (SSSR count). The Labute approximate surface area is 173 Å². The fourth-order valence-electron chi connectivity index (χ4n) is 2.63. The average Bonchev–Trinajstić information content (AvgIpc) is 2.79. The summed E-state index contributed by atoms with van der Waals surface area (Å²) in [6, 6.07) is 18.3. The molecule has 0 unspecified atom stereocenters. The van der Waals surface area contributed by atoms with E-state index in [0.717, 1.165) is 0 Å². The monoisotopic (exact) mass is 408 g/mol.